The van der Waals surface area contributed by atoms with Gasteiger partial charge in [0.15, 0.2) is 0 Å². The summed E-state index contributed by atoms with van der Waals surface area (Å²) in [4.78, 5) is 27.4. The van der Waals surface area contributed by atoms with E-state index in [1.165, 1.54) is 0 Å². The molecule has 0 atom stereocenters. The van der Waals surface area contributed by atoms with E-state index in [9.17, 15) is 9.36 Å². The summed E-state index contributed by atoms with van der Waals surface area (Å²) in [6.45, 7) is 4.67. The number of hydrogen-bond acceptors (Lipinski definition) is 4. The molecule has 0 aromatic rings. The molecular weight excluding hydrogens is 211 g/mol. The van der Waals surface area contributed by atoms with Crippen LogP contribution in [0.5, 0.6) is 0 Å². The lowest BCUT2D eigenvalue weighted by Crippen LogP contribution is -2.09. The first-order chi connectivity index (χ1) is 6.31. The van der Waals surface area contributed by atoms with E-state index in [1.54, 1.807) is 6.92 Å². The lowest BCUT2D eigenvalue weighted by atomic mass is 10.2. The molecular formula is C7H13O6P. The summed E-state index contributed by atoms with van der Waals surface area (Å²) in [5.41, 5.74) is 0.658. The number of esters is 1. The van der Waals surface area contributed by atoms with Gasteiger partial charge < -0.3 is 14.5 Å². The fraction of sp³-hybridized carbons (Fsp3) is 0.571. The number of phosphoric acid groups is 1. The molecule has 0 aliphatic heterocycles. The number of rotatable bonds is 6. The molecule has 7 heteroatoms. The Morgan fingerprint density at radius 3 is 2.43 bits per heavy atom. The van der Waals surface area contributed by atoms with Gasteiger partial charge in [0.05, 0.1) is 13.0 Å². The molecule has 14 heavy (non-hydrogen) atoms. The van der Waals surface area contributed by atoms with Crippen molar-refractivity contribution in [3.8, 4) is 0 Å². The van der Waals surface area contributed by atoms with Crippen molar-refractivity contribution in [3.05, 3.63) is 12.2 Å². The molecule has 6 nitrogen and oxygen atoms in total. The van der Waals surface area contributed by atoms with Crippen molar-refractivity contribution in [1.82, 2.24) is 0 Å². The molecule has 82 valence electrons. The van der Waals surface area contributed by atoms with E-state index in [0.29, 0.717) is 5.57 Å². The van der Waals surface area contributed by atoms with Crippen LogP contribution in [0.3, 0.4) is 0 Å². The average molecular weight is 224 g/mol. The van der Waals surface area contributed by atoms with Crippen LogP contribution in [0.2, 0.25) is 0 Å². The highest BCUT2D eigenvalue weighted by atomic mass is 31.2. The highest BCUT2D eigenvalue weighted by Crippen LogP contribution is 2.35. The Labute approximate surface area is 81.8 Å². The van der Waals surface area contributed by atoms with Gasteiger partial charge in [0, 0.05) is 0 Å². The van der Waals surface area contributed by atoms with Gasteiger partial charge in [0.25, 0.3) is 0 Å². The second kappa shape index (κ2) is 5.93. The van der Waals surface area contributed by atoms with E-state index in [2.05, 4.69) is 15.8 Å². The molecule has 0 bridgehead atoms. The summed E-state index contributed by atoms with van der Waals surface area (Å²) in [5.74, 6) is -0.494. The maximum Gasteiger partial charge on any atom is 0.469 e. The fourth-order valence-electron chi connectivity index (χ4n) is 0.609. The third kappa shape index (κ3) is 9.41. The SMILES string of the molecule is C=C(C)CC(=O)OCCOP(=O)(O)O. The predicted octanol–water partition coefficient (Wildman–Crippen LogP) is 0.605. The monoisotopic (exact) mass is 224 g/mol. The number of hydrogen-bond donors (Lipinski definition) is 2. The van der Waals surface area contributed by atoms with Crippen LogP contribution < -0.4 is 0 Å². The Hall–Kier alpha value is -0.680. The maximum absolute atomic E-state index is 10.8. The third-order valence-electron chi connectivity index (χ3n) is 1.05. The molecule has 0 unspecified atom stereocenters. The predicted molar refractivity (Wildman–Crippen MR) is 48.4 cm³/mol. The molecule has 0 amide bonds. The Kier molecular flexibility index (Phi) is 5.64. The first-order valence-corrected chi connectivity index (χ1v) is 5.34. The van der Waals surface area contributed by atoms with Gasteiger partial charge in [-0.15, -0.1) is 0 Å². The smallest absolute Gasteiger partial charge is 0.463 e. The van der Waals surface area contributed by atoms with E-state index in [-0.39, 0.29) is 19.6 Å². The van der Waals surface area contributed by atoms with Crippen LogP contribution in [0.4, 0.5) is 0 Å². The normalized spacial score (nSPS) is 11.1. The highest BCUT2D eigenvalue weighted by Gasteiger charge is 2.13. The molecule has 0 saturated carbocycles. The molecule has 0 spiro atoms. The summed E-state index contributed by atoms with van der Waals surface area (Å²) in [7, 11) is -4.46. The zero-order chi connectivity index (χ0) is 11.2. The van der Waals surface area contributed by atoms with Crippen molar-refractivity contribution >= 4 is 13.8 Å². The van der Waals surface area contributed by atoms with Gasteiger partial charge in [-0.2, -0.15) is 0 Å². The van der Waals surface area contributed by atoms with Gasteiger partial charge >= 0.3 is 13.8 Å². The minimum Gasteiger partial charge on any atom is -0.463 e. The van der Waals surface area contributed by atoms with Crippen LogP contribution in [0.15, 0.2) is 12.2 Å². The van der Waals surface area contributed by atoms with Gasteiger partial charge in [0.2, 0.25) is 0 Å². The van der Waals surface area contributed by atoms with E-state index in [1.807, 2.05) is 0 Å². The number of carbonyl (C=O) groups excluding carboxylic acids is 1. The summed E-state index contributed by atoms with van der Waals surface area (Å²) in [5, 5.41) is 0. The quantitative estimate of drug-likeness (QED) is 0.297. The van der Waals surface area contributed by atoms with Gasteiger partial charge in [-0.25, -0.2) is 4.57 Å². The number of phosphoric ester groups is 1. The largest absolute Gasteiger partial charge is 0.469 e. The van der Waals surface area contributed by atoms with Gasteiger partial charge in [0.1, 0.15) is 6.61 Å². The first kappa shape index (κ1) is 13.3. The van der Waals surface area contributed by atoms with Gasteiger partial charge in [-0.1, -0.05) is 12.2 Å². The van der Waals surface area contributed by atoms with E-state index >= 15 is 0 Å². The second-order valence-electron chi connectivity index (χ2n) is 2.68. The minimum absolute atomic E-state index is 0.0932. The Morgan fingerprint density at radius 1 is 1.43 bits per heavy atom. The van der Waals surface area contributed by atoms with Crippen LogP contribution in [-0.4, -0.2) is 29.0 Å². The second-order valence-corrected chi connectivity index (χ2v) is 3.92. The van der Waals surface area contributed by atoms with Crippen LogP contribution in [0.25, 0.3) is 0 Å². The van der Waals surface area contributed by atoms with Crippen molar-refractivity contribution in [2.24, 2.45) is 0 Å². The summed E-state index contributed by atoms with van der Waals surface area (Å²) in [6, 6.07) is 0. The summed E-state index contributed by atoms with van der Waals surface area (Å²) < 4.78 is 18.8. The zero-order valence-corrected chi connectivity index (χ0v) is 8.70. The number of ether oxygens (including phenoxy) is 1. The first-order valence-electron chi connectivity index (χ1n) is 3.81. The fourth-order valence-corrected chi connectivity index (χ4v) is 0.921. The van der Waals surface area contributed by atoms with Crippen molar-refractivity contribution in [2.75, 3.05) is 13.2 Å². The number of carbonyl (C=O) groups is 1. The van der Waals surface area contributed by atoms with Crippen LogP contribution in [0.1, 0.15) is 13.3 Å². The topological polar surface area (TPSA) is 93.1 Å². The molecule has 0 aliphatic carbocycles. The molecule has 0 aromatic heterocycles. The molecule has 0 saturated heterocycles. The minimum atomic E-state index is -4.46. The van der Waals surface area contributed by atoms with E-state index in [0.717, 1.165) is 0 Å². The van der Waals surface area contributed by atoms with Crippen LogP contribution >= 0.6 is 7.82 Å². The van der Waals surface area contributed by atoms with Gasteiger partial charge in [-0.3, -0.25) is 9.32 Å². The molecule has 0 heterocycles. The Bertz CT molecular complexity index is 255. The molecule has 0 rings (SSSR count). The lowest BCUT2D eigenvalue weighted by Gasteiger charge is -2.06. The van der Waals surface area contributed by atoms with Crippen LogP contribution in [0, 0.1) is 0 Å². The summed E-state index contributed by atoms with van der Waals surface area (Å²) >= 11 is 0. The average Bonchev–Trinajstić information content (AvgIpc) is 1.95. The van der Waals surface area contributed by atoms with E-state index in [4.69, 9.17) is 9.79 Å². The molecule has 0 aromatic carbocycles. The maximum atomic E-state index is 10.8. The van der Waals surface area contributed by atoms with Crippen molar-refractivity contribution in [3.63, 3.8) is 0 Å². The lowest BCUT2D eigenvalue weighted by molar-refractivity contribution is -0.143. The third-order valence-corrected chi connectivity index (χ3v) is 1.57. The standard InChI is InChI=1S/C7H13O6P/c1-6(2)5-7(8)12-3-4-13-14(9,10)11/h1,3-5H2,2H3,(H2,9,10,11). The Morgan fingerprint density at radius 2 is 2.00 bits per heavy atom. The van der Waals surface area contributed by atoms with Crippen LogP contribution in [-0.2, 0) is 18.6 Å². The van der Waals surface area contributed by atoms with Crippen molar-refractivity contribution in [1.29, 1.82) is 0 Å². The summed E-state index contributed by atoms with van der Waals surface area (Å²) in [6.07, 6.45) is 0.0932. The highest BCUT2D eigenvalue weighted by molar-refractivity contribution is 7.46. The van der Waals surface area contributed by atoms with E-state index < -0.39 is 13.8 Å². The molecule has 0 radical (unpaired) electrons. The Balaban J connectivity index is 3.51. The van der Waals surface area contributed by atoms with Crippen molar-refractivity contribution < 1.29 is 28.4 Å². The van der Waals surface area contributed by atoms with Crippen molar-refractivity contribution in [2.45, 2.75) is 13.3 Å². The van der Waals surface area contributed by atoms with Gasteiger partial charge in [-0.05, 0) is 6.92 Å². The molecule has 0 fully saturated rings. The molecule has 0 aliphatic rings. The zero-order valence-electron chi connectivity index (χ0n) is 7.80. The molecule has 2 N–H and O–H groups in total.